The SMILES string of the molecule is CNC(=O)c1cc(S(=O)(=O)Nc2ccc(Cl)c(Cl)c2)ccc1C. The third kappa shape index (κ3) is 3.96. The molecule has 23 heavy (non-hydrogen) atoms. The van der Waals surface area contributed by atoms with E-state index in [2.05, 4.69) is 10.0 Å². The molecule has 0 radical (unpaired) electrons. The molecule has 0 unspecified atom stereocenters. The zero-order valence-electron chi connectivity index (χ0n) is 12.4. The average molecular weight is 373 g/mol. The number of hydrogen-bond acceptors (Lipinski definition) is 3. The number of nitrogens with one attached hydrogen (secondary N) is 2. The van der Waals surface area contributed by atoms with Crippen LogP contribution in [-0.2, 0) is 10.0 Å². The number of halogens is 2. The number of aryl methyl sites for hydroxylation is 1. The molecular weight excluding hydrogens is 359 g/mol. The van der Waals surface area contributed by atoms with Crippen LogP contribution < -0.4 is 10.0 Å². The molecule has 0 aliphatic heterocycles. The van der Waals surface area contributed by atoms with E-state index in [0.29, 0.717) is 16.1 Å². The largest absolute Gasteiger partial charge is 0.355 e. The molecule has 0 aliphatic rings. The van der Waals surface area contributed by atoms with E-state index in [0.717, 1.165) is 0 Å². The Morgan fingerprint density at radius 1 is 1.04 bits per heavy atom. The highest BCUT2D eigenvalue weighted by Crippen LogP contribution is 2.27. The summed E-state index contributed by atoms with van der Waals surface area (Å²) in [6.45, 7) is 1.73. The predicted octanol–water partition coefficient (Wildman–Crippen LogP) is 3.46. The minimum absolute atomic E-state index is 0.0206. The Kier molecular flexibility index (Phi) is 5.19. The van der Waals surface area contributed by atoms with Crippen LogP contribution in [0.3, 0.4) is 0 Å². The number of sulfonamides is 1. The van der Waals surface area contributed by atoms with Crippen molar-refractivity contribution in [3.8, 4) is 0 Å². The molecule has 8 heteroatoms. The number of benzene rings is 2. The number of carbonyl (C=O) groups excluding carboxylic acids is 1. The Morgan fingerprint density at radius 2 is 1.74 bits per heavy atom. The topological polar surface area (TPSA) is 75.3 Å². The van der Waals surface area contributed by atoms with Gasteiger partial charge in [0.15, 0.2) is 0 Å². The molecule has 0 fully saturated rings. The Hall–Kier alpha value is -1.76. The molecule has 0 bridgehead atoms. The predicted molar refractivity (Wildman–Crippen MR) is 91.8 cm³/mol. The van der Waals surface area contributed by atoms with E-state index < -0.39 is 10.0 Å². The van der Waals surface area contributed by atoms with Gasteiger partial charge in [0.1, 0.15) is 0 Å². The average Bonchev–Trinajstić information content (AvgIpc) is 2.50. The lowest BCUT2D eigenvalue weighted by Crippen LogP contribution is -2.20. The lowest BCUT2D eigenvalue weighted by atomic mass is 10.1. The van der Waals surface area contributed by atoms with E-state index in [4.69, 9.17) is 23.2 Å². The first-order valence-electron chi connectivity index (χ1n) is 6.55. The maximum Gasteiger partial charge on any atom is 0.261 e. The van der Waals surface area contributed by atoms with Gasteiger partial charge in [-0.3, -0.25) is 9.52 Å². The molecule has 2 rings (SSSR count). The van der Waals surface area contributed by atoms with Crippen LogP contribution in [0.2, 0.25) is 10.0 Å². The fourth-order valence-corrected chi connectivity index (χ4v) is 3.29. The number of anilines is 1. The van der Waals surface area contributed by atoms with Crippen LogP contribution in [0, 0.1) is 6.92 Å². The lowest BCUT2D eigenvalue weighted by Gasteiger charge is -2.11. The molecule has 2 N–H and O–H groups in total. The van der Waals surface area contributed by atoms with E-state index in [9.17, 15) is 13.2 Å². The summed E-state index contributed by atoms with van der Waals surface area (Å²) in [5.74, 6) is -0.353. The van der Waals surface area contributed by atoms with Crippen LogP contribution in [0.5, 0.6) is 0 Å². The van der Waals surface area contributed by atoms with E-state index in [1.807, 2.05) is 0 Å². The van der Waals surface area contributed by atoms with Crippen LogP contribution in [0.1, 0.15) is 15.9 Å². The number of amides is 1. The van der Waals surface area contributed by atoms with Crippen molar-refractivity contribution in [1.82, 2.24) is 5.32 Å². The maximum absolute atomic E-state index is 12.5. The summed E-state index contributed by atoms with van der Waals surface area (Å²) in [6, 6.07) is 8.74. The van der Waals surface area contributed by atoms with Gasteiger partial charge < -0.3 is 5.32 Å². The monoisotopic (exact) mass is 372 g/mol. The van der Waals surface area contributed by atoms with Gasteiger partial charge in [-0.1, -0.05) is 29.3 Å². The Morgan fingerprint density at radius 3 is 2.35 bits per heavy atom. The van der Waals surface area contributed by atoms with Crippen molar-refractivity contribution in [1.29, 1.82) is 0 Å². The highest BCUT2D eigenvalue weighted by molar-refractivity contribution is 7.92. The number of hydrogen-bond donors (Lipinski definition) is 2. The van der Waals surface area contributed by atoms with Crippen LogP contribution >= 0.6 is 23.2 Å². The zero-order chi connectivity index (χ0) is 17.2. The third-order valence-corrected chi connectivity index (χ3v) is 5.28. The standard InChI is InChI=1S/C15H14Cl2N2O3S/c1-9-3-5-11(8-12(9)15(20)18-2)23(21,22)19-10-4-6-13(16)14(17)7-10/h3-8,19H,1-2H3,(H,18,20). The molecule has 0 atom stereocenters. The smallest absolute Gasteiger partial charge is 0.261 e. The van der Waals surface area contributed by atoms with Gasteiger partial charge in [0, 0.05) is 12.6 Å². The van der Waals surface area contributed by atoms with Crippen LogP contribution in [0.25, 0.3) is 0 Å². The summed E-state index contributed by atoms with van der Waals surface area (Å²) in [7, 11) is -2.37. The molecule has 2 aromatic carbocycles. The molecule has 0 saturated heterocycles. The summed E-state index contributed by atoms with van der Waals surface area (Å²) in [5, 5.41) is 3.04. The zero-order valence-corrected chi connectivity index (χ0v) is 14.7. The minimum Gasteiger partial charge on any atom is -0.355 e. The van der Waals surface area contributed by atoms with E-state index in [-0.39, 0.29) is 21.5 Å². The molecule has 0 saturated carbocycles. The molecule has 0 spiro atoms. The Labute approximate surface area is 144 Å². The van der Waals surface area contributed by atoms with Gasteiger partial charge in [-0.15, -0.1) is 0 Å². The molecule has 2 aromatic rings. The second-order valence-corrected chi connectivity index (χ2v) is 7.29. The molecule has 0 heterocycles. The first kappa shape index (κ1) is 17.6. The molecular formula is C15H14Cl2N2O3S. The fourth-order valence-electron chi connectivity index (χ4n) is 1.92. The van der Waals surface area contributed by atoms with Crippen molar-refractivity contribution >= 4 is 44.8 Å². The van der Waals surface area contributed by atoms with Crippen LogP contribution in [0.15, 0.2) is 41.3 Å². The fraction of sp³-hybridized carbons (Fsp3) is 0.133. The van der Waals surface area contributed by atoms with Crippen LogP contribution in [-0.4, -0.2) is 21.4 Å². The van der Waals surface area contributed by atoms with Gasteiger partial charge in [0.05, 0.1) is 20.6 Å². The normalized spacial score (nSPS) is 11.1. The van der Waals surface area contributed by atoms with Crippen molar-refractivity contribution < 1.29 is 13.2 Å². The first-order chi connectivity index (χ1) is 10.7. The van der Waals surface area contributed by atoms with Crippen molar-refractivity contribution in [2.45, 2.75) is 11.8 Å². The van der Waals surface area contributed by atoms with Crippen LogP contribution in [0.4, 0.5) is 5.69 Å². The Balaban J connectivity index is 2.39. The molecule has 122 valence electrons. The van der Waals surface area contributed by atoms with Crippen molar-refractivity contribution in [2.24, 2.45) is 0 Å². The molecule has 1 amide bonds. The third-order valence-electron chi connectivity index (χ3n) is 3.16. The van der Waals surface area contributed by atoms with E-state index >= 15 is 0 Å². The number of rotatable bonds is 4. The summed E-state index contributed by atoms with van der Waals surface area (Å²) in [6.07, 6.45) is 0. The highest BCUT2D eigenvalue weighted by Gasteiger charge is 2.18. The Bertz CT molecular complexity index is 867. The van der Waals surface area contributed by atoms with Gasteiger partial charge in [-0.25, -0.2) is 8.42 Å². The van der Waals surface area contributed by atoms with Gasteiger partial charge >= 0.3 is 0 Å². The van der Waals surface area contributed by atoms with E-state index in [1.165, 1.54) is 37.4 Å². The maximum atomic E-state index is 12.5. The van der Waals surface area contributed by atoms with Gasteiger partial charge in [0.25, 0.3) is 15.9 Å². The quantitative estimate of drug-likeness (QED) is 0.862. The number of carbonyl (C=O) groups is 1. The molecule has 0 aliphatic carbocycles. The van der Waals surface area contributed by atoms with E-state index in [1.54, 1.807) is 13.0 Å². The lowest BCUT2D eigenvalue weighted by molar-refractivity contribution is 0.0962. The second-order valence-electron chi connectivity index (χ2n) is 4.79. The minimum atomic E-state index is -3.86. The van der Waals surface area contributed by atoms with Crippen molar-refractivity contribution in [3.63, 3.8) is 0 Å². The van der Waals surface area contributed by atoms with Gasteiger partial charge in [-0.05, 0) is 42.8 Å². The molecule has 5 nitrogen and oxygen atoms in total. The summed E-state index contributed by atoms with van der Waals surface area (Å²) in [4.78, 5) is 11.8. The highest BCUT2D eigenvalue weighted by atomic mass is 35.5. The summed E-state index contributed by atoms with van der Waals surface area (Å²) >= 11 is 11.7. The second kappa shape index (κ2) is 6.78. The van der Waals surface area contributed by atoms with Crippen molar-refractivity contribution in [3.05, 3.63) is 57.6 Å². The van der Waals surface area contributed by atoms with Gasteiger partial charge in [0.2, 0.25) is 0 Å². The van der Waals surface area contributed by atoms with Gasteiger partial charge in [-0.2, -0.15) is 0 Å². The summed E-state index contributed by atoms with van der Waals surface area (Å²) in [5.41, 5.74) is 1.25. The van der Waals surface area contributed by atoms with Crippen molar-refractivity contribution in [2.75, 3.05) is 11.8 Å². The molecule has 0 aromatic heterocycles. The summed E-state index contributed by atoms with van der Waals surface area (Å²) < 4.78 is 27.3. The first-order valence-corrected chi connectivity index (χ1v) is 8.79.